The summed E-state index contributed by atoms with van der Waals surface area (Å²) in [5.41, 5.74) is 1.79. The molecule has 22 heavy (non-hydrogen) atoms. The van der Waals surface area contributed by atoms with Gasteiger partial charge >= 0.3 is 0 Å². The fourth-order valence-electron chi connectivity index (χ4n) is 2.22. The summed E-state index contributed by atoms with van der Waals surface area (Å²) in [6, 6.07) is 19.1. The summed E-state index contributed by atoms with van der Waals surface area (Å²) in [6.07, 6.45) is 0.513. The van der Waals surface area contributed by atoms with E-state index in [1.165, 1.54) is 0 Å². The van der Waals surface area contributed by atoms with Crippen molar-refractivity contribution in [1.29, 1.82) is 0 Å². The van der Waals surface area contributed by atoms with Gasteiger partial charge in [-0.15, -0.1) is 10.2 Å². The second-order valence-corrected chi connectivity index (χ2v) is 4.87. The van der Waals surface area contributed by atoms with Crippen molar-refractivity contribution in [3.8, 4) is 0 Å². The van der Waals surface area contributed by atoms with Gasteiger partial charge in [-0.1, -0.05) is 53.7 Å². The molecule has 0 spiro atoms. The van der Waals surface area contributed by atoms with E-state index >= 15 is 0 Å². The van der Waals surface area contributed by atoms with E-state index in [-0.39, 0.29) is 5.91 Å². The number of aromatic nitrogens is 4. The standard InChI is InChI=1S/C16H15N5O/c22-16(17-13-9-5-2-6-10-13)14(15-18-20-21-19-15)11-12-7-3-1-4-8-12/h1-10,14H,11H2,(H,17,22)(H,18,19,20,21). The highest BCUT2D eigenvalue weighted by atomic mass is 16.1. The first-order valence-corrected chi connectivity index (χ1v) is 6.96. The van der Waals surface area contributed by atoms with E-state index < -0.39 is 5.92 Å². The zero-order valence-electron chi connectivity index (χ0n) is 11.8. The third-order valence-corrected chi connectivity index (χ3v) is 3.31. The van der Waals surface area contributed by atoms with Crippen molar-refractivity contribution >= 4 is 11.6 Å². The number of anilines is 1. The first-order valence-electron chi connectivity index (χ1n) is 6.96. The molecule has 3 rings (SSSR count). The van der Waals surface area contributed by atoms with Gasteiger partial charge in [0.15, 0.2) is 5.82 Å². The lowest BCUT2D eigenvalue weighted by atomic mass is 9.97. The number of para-hydroxylation sites is 1. The Kier molecular flexibility index (Phi) is 4.20. The van der Waals surface area contributed by atoms with Crippen LogP contribution in [0.15, 0.2) is 60.7 Å². The van der Waals surface area contributed by atoms with E-state index in [4.69, 9.17) is 0 Å². The molecule has 0 fully saturated rings. The highest BCUT2D eigenvalue weighted by Gasteiger charge is 2.25. The lowest BCUT2D eigenvalue weighted by molar-refractivity contribution is -0.117. The van der Waals surface area contributed by atoms with Crippen molar-refractivity contribution in [2.75, 3.05) is 5.32 Å². The lowest BCUT2D eigenvalue weighted by Gasteiger charge is -2.13. The molecular formula is C16H15N5O. The van der Waals surface area contributed by atoms with Gasteiger partial charge < -0.3 is 5.32 Å². The molecule has 3 aromatic rings. The van der Waals surface area contributed by atoms with Gasteiger partial charge in [0.2, 0.25) is 5.91 Å². The Labute approximate surface area is 127 Å². The number of nitrogens with zero attached hydrogens (tertiary/aromatic N) is 3. The molecular weight excluding hydrogens is 278 g/mol. The van der Waals surface area contributed by atoms with Crippen molar-refractivity contribution in [2.24, 2.45) is 0 Å². The Morgan fingerprint density at radius 2 is 1.73 bits per heavy atom. The van der Waals surface area contributed by atoms with E-state index in [9.17, 15) is 4.79 Å². The molecule has 1 heterocycles. The number of tetrazole rings is 1. The molecule has 0 bridgehead atoms. The van der Waals surface area contributed by atoms with Gasteiger partial charge in [-0.3, -0.25) is 4.79 Å². The zero-order chi connectivity index (χ0) is 15.2. The minimum atomic E-state index is -0.499. The number of hydrogen-bond acceptors (Lipinski definition) is 4. The molecule has 0 saturated heterocycles. The Morgan fingerprint density at radius 1 is 1.05 bits per heavy atom. The van der Waals surface area contributed by atoms with Crippen LogP contribution in [-0.4, -0.2) is 26.5 Å². The predicted octanol–water partition coefficient (Wildman–Crippen LogP) is 2.16. The second-order valence-electron chi connectivity index (χ2n) is 4.87. The first-order chi connectivity index (χ1) is 10.8. The molecule has 1 aromatic heterocycles. The van der Waals surface area contributed by atoms with Gasteiger partial charge in [0.05, 0.1) is 0 Å². The number of aromatic amines is 1. The Hall–Kier alpha value is -3.02. The van der Waals surface area contributed by atoms with E-state index in [0.29, 0.717) is 12.2 Å². The molecule has 6 nitrogen and oxygen atoms in total. The minimum absolute atomic E-state index is 0.156. The van der Waals surface area contributed by atoms with E-state index in [2.05, 4.69) is 25.9 Å². The summed E-state index contributed by atoms with van der Waals surface area (Å²) >= 11 is 0. The number of H-pyrrole nitrogens is 1. The smallest absolute Gasteiger partial charge is 0.235 e. The summed E-state index contributed by atoms with van der Waals surface area (Å²) < 4.78 is 0. The topological polar surface area (TPSA) is 83.6 Å². The molecule has 1 unspecified atom stereocenters. The molecule has 0 aliphatic rings. The van der Waals surface area contributed by atoms with Gasteiger partial charge in [-0.25, -0.2) is 0 Å². The monoisotopic (exact) mass is 293 g/mol. The number of hydrogen-bond donors (Lipinski definition) is 2. The molecule has 0 aliphatic carbocycles. The normalized spacial score (nSPS) is 11.8. The molecule has 0 radical (unpaired) electrons. The van der Waals surface area contributed by atoms with Crippen LogP contribution < -0.4 is 5.32 Å². The number of nitrogens with one attached hydrogen (secondary N) is 2. The van der Waals surface area contributed by atoms with Crippen LogP contribution in [0.25, 0.3) is 0 Å². The van der Waals surface area contributed by atoms with Crippen LogP contribution in [0.1, 0.15) is 17.3 Å². The van der Waals surface area contributed by atoms with Crippen LogP contribution in [-0.2, 0) is 11.2 Å². The summed E-state index contributed by atoms with van der Waals surface area (Å²) in [5, 5.41) is 16.8. The summed E-state index contributed by atoms with van der Waals surface area (Å²) in [5.74, 6) is -0.268. The van der Waals surface area contributed by atoms with Crippen LogP contribution in [0.3, 0.4) is 0 Å². The van der Waals surface area contributed by atoms with Crippen LogP contribution in [0, 0.1) is 0 Å². The lowest BCUT2D eigenvalue weighted by Crippen LogP contribution is -2.24. The third kappa shape index (κ3) is 3.35. The molecule has 0 saturated carbocycles. The number of carbonyl (C=O) groups excluding carboxylic acids is 1. The molecule has 2 aromatic carbocycles. The van der Waals surface area contributed by atoms with Crippen LogP contribution in [0.2, 0.25) is 0 Å². The van der Waals surface area contributed by atoms with Crippen molar-refractivity contribution in [3.05, 3.63) is 72.1 Å². The minimum Gasteiger partial charge on any atom is -0.325 e. The molecule has 6 heteroatoms. The van der Waals surface area contributed by atoms with Gasteiger partial charge in [-0.2, -0.15) is 5.21 Å². The molecule has 1 amide bonds. The fourth-order valence-corrected chi connectivity index (χ4v) is 2.22. The third-order valence-electron chi connectivity index (χ3n) is 3.31. The number of amides is 1. The van der Waals surface area contributed by atoms with Gasteiger partial charge in [0, 0.05) is 5.69 Å². The number of rotatable bonds is 5. The second kappa shape index (κ2) is 6.62. The van der Waals surface area contributed by atoms with Crippen LogP contribution in [0.4, 0.5) is 5.69 Å². The SMILES string of the molecule is O=C(Nc1ccccc1)C(Cc1ccccc1)c1nn[nH]n1. The Balaban J connectivity index is 1.81. The first kappa shape index (κ1) is 13.9. The van der Waals surface area contributed by atoms with Gasteiger partial charge in [0.25, 0.3) is 0 Å². The zero-order valence-corrected chi connectivity index (χ0v) is 11.8. The maximum Gasteiger partial charge on any atom is 0.235 e. The molecule has 110 valence electrons. The average molecular weight is 293 g/mol. The van der Waals surface area contributed by atoms with Crippen molar-refractivity contribution in [2.45, 2.75) is 12.3 Å². The van der Waals surface area contributed by atoms with Gasteiger partial charge in [0.1, 0.15) is 5.92 Å². The summed E-state index contributed by atoms with van der Waals surface area (Å²) in [7, 11) is 0. The van der Waals surface area contributed by atoms with E-state index in [1.54, 1.807) is 0 Å². The number of carbonyl (C=O) groups is 1. The molecule has 2 N–H and O–H groups in total. The highest BCUT2D eigenvalue weighted by molar-refractivity contribution is 5.95. The summed E-state index contributed by atoms with van der Waals surface area (Å²) in [4.78, 5) is 12.6. The van der Waals surface area contributed by atoms with E-state index in [1.807, 2.05) is 60.7 Å². The highest BCUT2D eigenvalue weighted by Crippen LogP contribution is 2.19. The van der Waals surface area contributed by atoms with Crippen molar-refractivity contribution < 1.29 is 4.79 Å². The van der Waals surface area contributed by atoms with Crippen LogP contribution in [0.5, 0.6) is 0 Å². The molecule has 1 atom stereocenters. The number of benzene rings is 2. The largest absolute Gasteiger partial charge is 0.325 e. The van der Waals surface area contributed by atoms with E-state index in [0.717, 1.165) is 11.3 Å². The van der Waals surface area contributed by atoms with Crippen LogP contribution >= 0.6 is 0 Å². The fraction of sp³-hybridized carbons (Fsp3) is 0.125. The van der Waals surface area contributed by atoms with Gasteiger partial charge in [-0.05, 0) is 24.1 Å². The quantitative estimate of drug-likeness (QED) is 0.755. The predicted molar refractivity (Wildman–Crippen MR) is 82.1 cm³/mol. The van der Waals surface area contributed by atoms with Crippen molar-refractivity contribution in [3.63, 3.8) is 0 Å². The average Bonchev–Trinajstić information content (AvgIpc) is 3.08. The summed E-state index contributed by atoms with van der Waals surface area (Å²) in [6.45, 7) is 0. The maximum atomic E-state index is 12.6. The maximum absolute atomic E-state index is 12.6. The van der Waals surface area contributed by atoms with Crippen molar-refractivity contribution in [1.82, 2.24) is 20.6 Å². The Morgan fingerprint density at radius 3 is 2.36 bits per heavy atom. The Bertz CT molecular complexity index is 713. The molecule has 0 aliphatic heterocycles.